The summed E-state index contributed by atoms with van der Waals surface area (Å²) in [6.07, 6.45) is 2.31. The zero-order chi connectivity index (χ0) is 15.9. The Balaban J connectivity index is 1.86. The van der Waals surface area contributed by atoms with E-state index in [2.05, 4.69) is 52.0 Å². The standard InChI is InChI=1S/C17H24N4O/c1-12(2)20-16(22)8-9-18-10-15-11-19-21-17(15)14-6-4-13(3)5-7-14/h4-7,11-12,18H,8-10H2,1-3H3,(H,19,21)(H,20,22). The molecule has 0 aliphatic heterocycles. The molecule has 0 aliphatic carbocycles. The highest BCUT2D eigenvalue weighted by Crippen LogP contribution is 2.21. The van der Waals surface area contributed by atoms with E-state index in [9.17, 15) is 4.79 Å². The van der Waals surface area contributed by atoms with Gasteiger partial charge in [0, 0.05) is 31.1 Å². The van der Waals surface area contributed by atoms with Crippen molar-refractivity contribution >= 4 is 5.91 Å². The van der Waals surface area contributed by atoms with Crippen molar-refractivity contribution < 1.29 is 4.79 Å². The number of aromatic nitrogens is 2. The number of nitrogens with one attached hydrogen (secondary N) is 3. The molecule has 1 aromatic carbocycles. The molecule has 0 radical (unpaired) electrons. The first-order valence-corrected chi connectivity index (χ1v) is 7.65. The number of nitrogens with zero attached hydrogens (tertiary/aromatic N) is 1. The van der Waals surface area contributed by atoms with Crippen molar-refractivity contribution in [3.8, 4) is 11.3 Å². The van der Waals surface area contributed by atoms with E-state index in [4.69, 9.17) is 0 Å². The minimum Gasteiger partial charge on any atom is -0.354 e. The molecule has 2 aromatic rings. The van der Waals surface area contributed by atoms with E-state index in [0.717, 1.165) is 16.8 Å². The smallest absolute Gasteiger partial charge is 0.221 e. The van der Waals surface area contributed by atoms with Crippen LogP contribution in [0.2, 0.25) is 0 Å². The van der Waals surface area contributed by atoms with E-state index >= 15 is 0 Å². The topological polar surface area (TPSA) is 69.8 Å². The summed E-state index contributed by atoms with van der Waals surface area (Å²) in [5.74, 6) is 0.0773. The summed E-state index contributed by atoms with van der Waals surface area (Å²) < 4.78 is 0. The van der Waals surface area contributed by atoms with Gasteiger partial charge in [-0.15, -0.1) is 0 Å². The molecule has 118 valence electrons. The SMILES string of the molecule is Cc1ccc(-c2[nH]ncc2CNCCC(=O)NC(C)C)cc1. The number of hydrogen-bond acceptors (Lipinski definition) is 3. The van der Waals surface area contributed by atoms with Gasteiger partial charge in [0.2, 0.25) is 5.91 Å². The summed E-state index contributed by atoms with van der Waals surface area (Å²) in [6, 6.07) is 8.53. The normalized spacial score (nSPS) is 10.9. The molecule has 1 amide bonds. The van der Waals surface area contributed by atoms with Gasteiger partial charge in [0.05, 0.1) is 11.9 Å². The largest absolute Gasteiger partial charge is 0.354 e. The Bertz CT molecular complexity index is 601. The maximum Gasteiger partial charge on any atom is 0.221 e. The Kier molecular flexibility index (Phi) is 5.72. The highest BCUT2D eigenvalue weighted by molar-refractivity contribution is 5.76. The van der Waals surface area contributed by atoms with Crippen LogP contribution in [0.15, 0.2) is 30.5 Å². The molecule has 5 heteroatoms. The van der Waals surface area contributed by atoms with Gasteiger partial charge in [0.1, 0.15) is 0 Å². The van der Waals surface area contributed by atoms with Crippen molar-refractivity contribution in [1.29, 1.82) is 0 Å². The van der Waals surface area contributed by atoms with Gasteiger partial charge < -0.3 is 10.6 Å². The maximum atomic E-state index is 11.6. The van der Waals surface area contributed by atoms with Gasteiger partial charge in [-0.3, -0.25) is 9.89 Å². The fraction of sp³-hybridized carbons (Fsp3) is 0.412. The molecule has 5 nitrogen and oxygen atoms in total. The second-order valence-corrected chi connectivity index (χ2v) is 5.79. The predicted molar refractivity (Wildman–Crippen MR) is 88.4 cm³/mol. The third kappa shape index (κ3) is 4.70. The lowest BCUT2D eigenvalue weighted by Gasteiger charge is -2.09. The van der Waals surface area contributed by atoms with E-state index < -0.39 is 0 Å². The number of aromatic amines is 1. The molecule has 0 saturated carbocycles. The van der Waals surface area contributed by atoms with Gasteiger partial charge in [0.25, 0.3) is 0 Å². The van der Waals surface area contributed by atoms with Crippen LogP contribution in [0.1, 0.15) is 31.4 Å². The summed E-state index contributed by atoms with van der Waals surface area (Å²) >= 11 is 0. The Morgan fingerprint density at radius 2 is 2.00 bits per heavy atom. The molecule has 2 rings (SSSR count). The summed E-state index contributed by atoms with van der Waals surface area (Å²) in [6.45, 7) is 7.34. The van der Waals surface area contributed by atoms with E-state index in [1.807, 2.05) is 20.0 Å². The molecule has 0 fully saturated rings. The van der Waals surface area contributed by atoms with Crippen LogP contribution in [-0.2, 0) is 11.3 Å². The molecule has 22 heavy (non-hydrogen) atoms. The minimum absolute atomic E-state index is 0.0773. The number of benzene rings is 1. The molecule has 0 bridgehead atoms. The predicted octanol–water partition coefficient (Wildman–Crippen LogP) is 2.39. The van der Waals surface area contributed by atoms with Crippen molar-refractivity contribution in [3.63, 3.8) is 0 Å². The Labute approximate surface area is 131 Å². The van der Waals surface area contributed by atoms with Crippen molar-refractivity contribution in [1.82, 2.24) is 20.8 Å². The number of H-pyrrole nitrogens is 1. The van der Waals surface area contributed by atoms with Gasteiger partial charge in [-0.1, -0.05) is 29.8 Å². The Hall–Kier alpha value is -2.14. The molecule has 0 unspecified atom stereocenters. The molecular weight excluding hydrogens is 276 g/mol. The minimum atomic E-state index is 0.0773. The van der Waals surface area contributed by atoms with Gasteiger partial charge >= 0.3 is 0 Å². The lowest BCUT2D eigenvalue weighted by Crippen LogP contribution is -2.32. The fourth-order valence-electron chi connectivity index (χ4n) is 2.23. The van der Waals surface area contributed by atoms with Crippen LogP contribution in [0.5, 0.6) is 0 Å². The van der Waals surface area contributed by atoms with Crippen LogP contribution in [0.4, 0.5) is 0 Å². The van der Waals surface area contributed by atoms with Gasteiger partial charge in [-0.25, -0.2) is 0 Å². The first-order valence-electron chi connectivity index (χ1n) is 7.65. The molecule has 1 heterocycles. The molecule has 3 N–H and O–H groups in total. The number of aryl methyl sites for hydroxylation is 1. The summed E-state index contributed by atoms with van der Waals surface area (Å²) in [7, 11) is 0. The lowest BCUT2D eigenvalue weighted by molar-refractivity contribution is -0.121. The van der Waals surface area contributed by atoms with Crippen molar-refractivity contribution in [2.24, 2.45) is 0 Å². The third-order valence-corrected chi connectivity index (χ3v) is 3.35. The zero-order valence-corrected chi connectivity index (χ0v) is 13.4. The van der Waals surface area contributed by atoms with Crippen molar-refractivity contribution in [3.05, 3.63) is 41.6 Å². The maximum absolute atomic E-state index is 11.6. The van der Waals surface area contributed by atoms with Crippen molar-refractivity contribution in [2.75, 3.05) is 6.54 Å². The van der Waals surface area contributed by atoms with Crippen LogP contribution in [0, 0.1) is 6.92 Å². The molecule has 0 saturated heterocycles. The third-order valence-electron chi connectivity index (χ3n) is 3.35. The van der Waals surface area contributed by atoms with Crippen LogP contribution < -0.4 is 10.6 Å². The molecule has 0 atom stereocenters. The van der Waals surface area contributed by atoms with E-state index in [1.165, 1.54) is 5.56 Å². The number of hydrogen-bond donors (Lipinski definition) is 3. The first kappa shape index (κ1) is 16.2. The summed E-state index contributed by atoms with van der Waals surface area (Å²) in [5, 5.41) is 13.4. The van der Waals surface area contributed by atoms with Gasteiger partial charge in [-0.05, 0) is 26.3 Å². The van der Waals surface area contributed by atoms with Crippen LogP contribution in [0.25, 0.3) is 11.3 Å². The highest BCUT2D eigenvalue weighted by atomic mass is 16.1. The molecule has 0 aliphatic rings. The lowest BCUT2D eigenvalue weighted by atomic mass is 10.1. The van der Waals surface area contributed by atoms with Crippen LogP contribution in [0.3, 0.4) is 0 Å². The first-order chi connectivity index (χ1) is 10.6. The monoisotopic (exact) mass is 300 g/mol. The number of rotatable bonds is 7. The number of carbonyl (C=O) groups is 1. The van der Waals surface area contributed by atoms with Crippen LogP contribution >= 0.6 is 0 Å². The quantitative estimate of drug-likeness (QED) is 0.688. The molecular formula is C17H24N4O. The average Bonchev–Trinajstić information content (AvgIpc) is 2.92. The number of amides is 1. The Morgan fingerprint density at radius 1 is 1.27 bits per heavy atom. The highest BCUT2D eigenvalue weighted by Gasteiger charge is 2.08. The average molecular weight is 300 g/mol. The van der Waals surface area contributed by atoms with Gasteiger partial charge in [-0.2, -0.15) is 5.10 Å². The van der Waals surface area contributed by atoms with E-state index in [1.54, 1.807) is 0 Å². The zero-order valence-electron chi connectivity index (χ0n) is 13.4. The van der Waals surface area contributed by atoms with Crippen molar-refractivity contribution in [2.45, 2.75) is 39.8 Å². The van der Waals surface area contributed by atoms with E-state index in [0.29, 0.717) is 19.5 Å². The van der Waals surface area contributed by atoms with Crippen LogP contribution in [-0.4, -0.2) is 28.7 Å². The Morgan fingerprint density at radius 3 is 2.68 bits per heavy atom. The summed E-state index contributed by atoms with van der Waals surface area (Å²) in [4.78, 5) is 11.6. The fourth-order valence-corrected chi connectivity index (χ4v) is 2.23. The number of carbonyl (C=O) groups excluding carboxylic acids is 1. The molecule has 1 aromatic heterocycles. The summed E-state index contributed by atoms with van der Waals surface area (Å²) in [5.41, 5.74) is 4.49. The molecule has 0 spiro atoms. The second-order valence-electron chi connectivity index (χ2n) is 5.79. The van der Waals surface area contributed by atoms with Gasteiger partial charge in [0.15, 0.2) is 0 Å². The van der Waals surface area contributed by atoms with E-state index in [-0.39, 0.29) is 11.9 Å². The second kappa shape index (κ2) is 7.75.